The summed E-state index contributed by atoms with van der Waals surface area (Å²) in [5.41, 5.74) is 4.83. The molecular formula is C16H19BO3. The monoisotopic (exact) mass is 270 g/mol. The van der Waals surface area contributed by atoms with Crippen molar-refractivity contribution in [3.05, 3.63) is 58.7 Å². The van der Waals surface area contributed by atoms with E-state index in [1.165, 1.54) is 5.56 Å². The average molecular weight is 270 g/mol. The Balaban J connectivity index is 2.15. The van der Waals surface area contributed by atoms with Crippen molar-refractivity contribution in [2.24, 2.45) is 0 Å². The number of rotatable bonds is 4. The summed E-state index contributed by atoms with van der Waals surface area (Å²) in [4.78, 5) is 0. The van der Waals surface area contributed by atoms with Gasteiger partial charge >= 0.3 is 7.12 Å². The first kappa shape index (κ1) is 14.6. The van der Waals surface area contributed by atoms with Gasteiger partial charge in [0.25, 0.3) is 0 Å². The average Bonchev–Trinajstić information content (AvgIpc) is 2.37. The SMILES string of the molecule is Cc1cc(C)c(OCc2cccc(B(O)O)c2)c(C)c1. The van der Waals surface area contributed by atoms with Crippen LogP contribution in [0.1, 0.15) is 22.3 Å². The lowest BCUT2D eigenvalue weighted by atomic mass is 9.80. The number of hydrogen-bond donors (Lipinski definition) is 2. The predicted octanol–water partition coefficient (Wildman–Crippen LogP) is 1.87. The van der Waals surface area contributed by atoms with Crippen molar-refractivity contribution in [1.82, 2.24) is 0 Å². The molecule has 0 radical (unpaired) electrons. The van der Waals surface area contributed by atoms with E-state index in [9.17, 15) is 0 Å². The minimum absolute atomic E-state index is 0.408. The van der Waals surface area contributed by atoms with Crippen LogP contribution in [0.5, 0.6) is 5.75 Å². The van der Waals surface area contributed by atoms with Crippen LogP contribution in [0, 0.1) is 20.8 Å². The first-order valence-electron chi connectivity index (χ1n) is 6.63. The van der Waals surface area contributed by atoms with Crippen molar-refractivity contribution >= 4 is 12.6 Å². The topological polar surface area (TPSA) is 49.7 Å². The molecule has 0 bridgehead atoms. The maximum atomic E-state index is 9.17. The molecule has 0 spiro atoms. The summed E-state index contributed by atoms with van der Waals surface area (Å²) in [5.74, 6) is 0.894. The van der Waals surface area contributed by atoms with Gasteiger partial charge in [-0.2, -0.15) is 0 Å². The van der Waals surface area contributed by atoms with Gasteiger partial charge in [0.05, 0.1) is 0 Å². The molecule has 0 aromatic heterocycles. The van der Waals surface area contributed by atoms with E-state index in [0.29, 0.717) is 12.1 Å². The van der Waals surface area contributed by atoms with E-state index in [0.717, 1.165) is 22.4 Å². The van der Waals surface area contributed by atoms with Crippen LogP contribution < -0.4 is 10.2 Å². The van der Waals surface area contributed by atoms with Gasteiger partial charge in [-0.3, -0.25) is 0 Å². The zero-order valence-electron chi connectivity index (χ0n) is 12.1. The first-order valence-corrected chi connectivity index (χ1v) is 6.63. The molecule has 2 N–H and O–H groups in total. The maximum absolute atomic E-state index is 9.17. The number of aryl methyl sites for hydroxylation is 3. The number of benzene rings is 2. The highest BCUT2D eigenvalue weighted by Crippen LogP contribution is 2.25. The summed E-state index contributed by atoms with van der Waals surface area (Å²) in [5, 5.41) is 18.3. The zero-order chi connectivity index (χ0) is 14.7. The fourth-order valence-corrected chi connectivity index (χ4v) is 2.39. The van der Waals surface area contributed by atoms with Crippen molar-refractivity contribution in [3.63, 3.8) is 0 Å². The van der Waals surface area contributed by atoms with Crippen LogP contribution >= 0.6 is 0 Å². The Morgan fingerprint density at radius 2 is 1.65 bits per heavy atom. The van der Waals surface area contributed by atoms with Crippen LogP contribution in [0.4, 0.5) is 0 Å². The van der Waals surface area contributed by atoms with E-state index >= 15 is 0 Å². The van der Waals surface area contributed by atoms with Crippen LogP contribution in [-0.4, -0.2) is 17.2 Å². The summed E-state index contributed by atoms with van der Waals surface area (Å²) < 4.78 is 5.88. The van der Waals surface area contributed by atoms with Gasteiger partial charge < -0.3 is 14.8 Å². The van der Waals surface area contributed by atoms with Gasteiger partial charge in [-0.05, 0) is 42.9 Å². The second-order valence-corrected chi connectivity index (χ2v) is 5.14. The highest BCUT2D eigenvalue weighted by atomic mass is 16.5. The van der Waals surface area contributed by atoms with Crippen molar-refractivity contribution in [2.45, 2.75) is 27.4 Å². The molecule has 0 unspecified atom stereocenters. The molecule has 0 aliphatic carbocycles. The molecule has 0 aliphatic rings. The Morgan fingerprint density at radius 1 is 1.00 bits per heavy atom. The van der Waals surface area contributed by atoms with Crippen LogP contribution in [-0.2, 0) is 6.61 Å². The standard InChI is InChI=1S/C16H19BO3/c1-11-7-12(2)16(13(3)8-11)20-10-14-5-4-6-15(9-14)17(18)19/h4-9,18-19H,10H2,1-3H3. The fourth-order valence-electron chi connectivity index (χ4n) is 2.39. The summed E-state index contributed by atoms with van der Waals surface area (Å²) in [6.45, 7) is 6.54. The Labute approximate surface area is 120 Å². The van der Waals surface area contributed by atoms with E-state index in [4.69, 9.17) is 14.8 Å². The van der Waals surface area contributed by atoms with E-state index < -0.39 is 7.12 Å². The van der Waals surface area contributed by atoms with Crippen molar-refractivity contribution in [2.75, 3.05) is 0 Å². The largest absolute Gasteiger partial charge is 0.488 e. The number of hydrogen-bond acceptors (Lipinski definition) is 3. The lowest BCUT2D eigenvalue weighted by Crippen LogP contribution is -2.29. The second-order valence-electron chi connectivity index (χ2n) is 5.14. The third-order valence-electron chi connectivity index (χ3n) is 3.24. The van der Waals surface area contributed by atoms with Gasteiger partial charge in [0, 0.05) is 0 Å². The van der Waals surface area contributed by atoms with Gasteiger partial charge in [0.1, 0.15) is 12.4 Å². The van der Waals surface area contributed by atoms with Crippen molar-refractivity contribution in [1.29, 1.82) is 0 Å². The quantitative estimate of drug-likeness (QED) is 0.834. The molecule has 0 aliphatic heterocycles. The van der Waals surface area contributed by atoms with Crippen molar-refractivity contribution in [3.8, 4) is 5.75 Å². The zero-order valence-corrected chi connectivity index (χ0v) is 12.1. The molecule has 20 heavy (non-hydrogen) atoms. The molecule has 104 valence electrons. The first-order chi connectivity index (χ1) is 9.47. The van der Waals surface area contributed by atoms with E-state index in [1.54, 1.807) is 18.2 Å². The van der Waals surface area contributed by atoms with Crippen molar-refractivity contribution < 1.29 is 14.8 Å². The maximum Gasteiger partial charge on any atom is 0.488 e. The molecule has 0 saturated carbocycles. The Hall–Kier alpha value is -1.78. The summed E-state index contributed by atoms with van der Waals surface area (Å²) >= 11 is 0. The van der Waals surface area contributed by atoms with E-state index in [1.807, 2.05) is 19.9 Å². The third kappa shape index (κ3) is 3.41. The molecule has 0 saturated heterocycles. The van der Waals surface area contributed by atoms with Crippen LogP contribution in [0.3, 0.4) is 0 Å². The summed E-state index contributed by atoms with van der Waals surface area (Å²) in [6, 6.07) is 11.3. The van der Waals surface area contributed by atoms with Crippen LogP contribution in [0.15, 0.2) is 36.4 Å². The highest BCUT2D eigenvalue weighted by molar-refractivity contribution is 6.58. The Kier molecular flexibility index (Phi) is 4.48. The molecule has 0 atom stereocenters. The molecule has 0 fully saturated rings. The minimum atomic E-state index is -1.45. The molecular weight excluding hydrogens is 251 g/mol. The van der Waals surface area contributed by atoms with Gasteiger partial charge in [-0.25, -0.2) is 0 Å². The van der Waals surface area contributed by atoms with E-state index in [2.05, 4.69) is 19.1 Å². The van der Waals surface area contributed by atoms with E-state index in [-0.39, 0.29) is 0 Å². The lowest BCUT2D eigenvalue weighted by Gasteiger charge is -2.13. The smallest absolute Gasteiger partial charge is 0.488 e. The van der Waals surface area contributed by atoms with Gasteiger partial charge in [-0.1, -0.05) is 42.0 Å². The molecule has 0 amide bonds. The van der Waals surface area contributed by atoms with Crippen LogP contribution in [0.25, 0.3) is 0 Å². The molecule has 2 aromatic rings. The Morgan fingerprint density at radius 3 is 2.25 bits per heavy atom. The van der Waals surface area contributed by atoms with Crippen LogP contribution in [0.2, 0.25) is 0 Å². The molecule has 0 heterocycles. The summed E-state index contributed by atoms with van der Waals surface area (Å²) in [7, 11) is -1.45. The van der Waals surface area contributed by atoms with Gasteiger partial charge in [0.15, 0.2) is 0 Å². The van der Waals surface area contributed by atoms with Gasteiger partial charge in [0.2, 0.25) is 0 Å². The fraction of sp³-hybridized carbons (Fsp3) is 0.250. The van der Waals surface area contributed by atoms with Gasteiger partial charge in [-0.15, -0.1) is 0 Å². The Bertz CT molecular complexity index is 585. The second kappa shape index (κ2) is 6.12. The highest BCUT2D eigenvalue weighted by Gasteiger charge is 2.11. The summed E-state index contributed by atoms with van der Waals surface area (Å²) in [6.07, 6.45) is 0. The lowest BCUT2D eigenvalue weighted by molar-refractivity contribution is 0.302. The third-order valence-corrected chi connectivity index (χ3v) is 3.24. The molecule has 4 heteroatoms. The molecule has 2 aromatic carbocycles. The molecule has 3 nitrogen and oxygen atoms in total. The predicted molar refractivity (Wildman–Crippen MR) is 81.3 cm³/mol. The minimum Gasteiger partial charge on any atom is -0.488 e. The number of ether oxygens (including phenoxy) is 1. The molecule has 2 rings (SSSR count). The normalized spacial score (nSPS) is 10.4.